The van der Waals surface area contributed by atoms with Crippen LogP contribution in [0.3, 0.4) is 0 Å². The predicted octanol–water partition coefficient (Wildman–Crippen LogP) is -0.845. The zero-order valence-corrected chi connectivity index (χ0v) is 14.0. The number of rotatable bonds is 6. The molecule has 1 amide bonds. The number of ether oxygens (including phenoxy) is 1. The maximum atomic E-state index is 12.5. The maximum absolute atomic E-state index is 12.5. The Morgan fingerprint density at radius 1 is 1.38 bits per heavy atom. The fraction of sp³-hybridized carbons (Fsp3) is 0.200. The number of methoxy groups -OCH3 is 1. The van der Waals surface area contributed by atoms with Crippen LogP contribution in [0.15, 0.2) is 29.2 Å². The second kappa shape index (κ2) is 7.45. The molecule has 0 unspecified atom stereocenters. The molecule has 0 spiro atoms. The smallest absolute Gasteiger partial charge is 0.266 e. The number of carbonyl (C=O) groups excluding carboxylic acids is 3. The van der Waals surface area contributed by atoms with Gasteiger partial charge in [0.15, 0.2) is 0 Å². The number of carboxylic acids is 2. The lowest BCUT2D eigenvalue weighted by molar-refractivity contribution is -0.319. The summed E-state index contributed by atoms with van der Waals surface area (Å²) in [5.74, 6) is -3.51. The van der Waals surface area contributed by atoms with Gasteiger partial charge in [0, 0.05) is 18.0 Å². The monoisotopic (exact) mass is 365 g/mol. The van der Waals surface area contributed by atoms with Crippen LogP contribution in [0.5, 0.6) is 5.75 Å². The van der Waals surface area contributed by atoms with Crippen molar-refractivity contribution in [2.24, 2.45) is 0 Å². The molecular formula is C15H11NO6S2-2. The molecule has 1 saturated heterocycles. The average molecular weight is 365 g/mol. The van der Waals surface area contributed by atoms with Gasteiger partial charge in [0.05, 0.1) is 24.0 Å². The van der Waals surface area contributed by atoms with Gasteiger partial charge in [-0.1, -0.05) is 42.2 Å². The van der Waals surface area contributed by atoms with Crippen LogP contribution in [0, 0.1) is 0 Å². The Morgan fingerprint density at radius 2 is 2.04 bits per heavy atom. The molecule has 0 aromatic heterocycles. The lowest BCUT2D eigenvalue weighted by atomic mass is 10.1. The standard InChI is InChI=1S/C15H13NO6S2/c1-22-10-5-3-2-4-8(10)6-11-13(19)16(15(23)24-11)9(14(20)21)7-12(17)18/h2-6,9H,7H2,1H3,(H,17,18)(H,20,21)/p-2/b11-6-/t9-/m1/s1. The number of thiocarbonyl (C=S) groups is 1. The lowest BCUT2D eigenvalue weighted by Gasteiger charge is -2.27. The van der Waals surface area contributed by atoms with Gasteiger partial charge in [0.1, 0.15) is 10.1 Å². The van der Waals surface area contributed by atoms with Gasteiger partial charge >= 0.3 is 0 Å². The SMILES string of the molecule is COc1ccccc1/C=C1\SC(=S)N([C@H](CC(=O)[O-])C(=O)[O-])C1=O. The minimum Gasteiger partial charge on any atom is -0.550 e. The highest BCUT2D eigenvalue weighted by Crippen LogP contribution is 2.35. The van der Waals surface area contributed by atoms with E-state index < -0.39 is 30.3 Å². The van der Waals surface area contributed by atoms with E-state index in [0.717, 1.165) is 16.7 Å². The molecule has 0 saturated carbocycles. The van der Waals surface area contributed by atoms with Crippen molar-refractivity contribution in [3.8, 4) is 5.75 Å². The van der Waals surface area contributed by atoms with E-state index in [2.05, 4.69) is 0 Å². The number of nitrogens with zero attached hydrogens (tertiary/aromatic N) is 1. The molecule has 0 bridgehead atoms. The van der Waals surface area contributed by atoms with Crippen molar-refractivity contribution in [3.05, 3.63) is 34.7 Å². The zero-order valence-electron chi connectivity index (χ0n) is 12.4. The zero-order chi connectivity index (χ0) is 17.9. The molecule has 126 valence electrons. The third kappa shape index (κ3) is 3.74. The molecule has 0 aliphatic carbocycles. The van der Waals surface area contributed by atoms with Crippen LogP contribution >= 0.6 is 24.0 Å². The number of thioether (sulfide) groups is 1. The summed E-state index contributed by atoms with van der Waals surface area (Å²) < 4.78 is 5.12. The quantitative estimate of drug-likeness (QED) is 0.474. The summed E-state index contributed by atoms with van der Waals surface area (Å²) in [5, 5.41) is 21.9. The maximum Gasteiger partial charge on any atom is 0.266 e. The molecule has 1 atom stereocenters. The minimum atomic E-state index is -1.72. The highest BCUT2D eigenvalue weighted by Gasteiger charge is 2.37. The molecule has 1 aromatic rings. The molecule has 1 aliphatic heterocycles. The second-order valence-electron chi connectivity index (χ2n) is 4.70. The van der Waals surface area contributed by atoms with Gasteiger partial charge in [-0.05, 0) is 12.1 Å². The Bertz CT molecular complexity index is 745. The van der Waals surface area contributed by atoms with E-state index in [4.69, 9.17) is 17.0 Å². The summed E-state index contributed by atoms with van der Waals surface area (Å²) in [4.78, 5) is 35.2. The molecule has 0 N–H and O–H groups in total. The van der Waals surface area contributed by atoms with Crippen LogP contribution in [0.1, 0.15) is 12.0 Å². The Kier molecular flexibility index (Phi) is 5.58. The van der Waals surface area contributed by atoms with Crippen LogP contribution in [0.4, 0.5) is 0 Å². The Hall–Kier alpha value is -2.39. The molecule has 24 heavy (non-hydrogen) atoms. The van der Waals surface area contributed by atoms with Crippen molar-refractivity contribution in [1.82, 2.24) is 4.90 Å². The van der Waals surface area contributed by atoms with Crippen LogP contribution < -0.4 is 14.9 Å². The van der Waals surface area contributed by atoms with Crippen molar-refractivity contribution < 1.29 is 29.3 Å². The third-order valence-electron chi connectivity index (χ3n) is 3.19. The first-order chi connectivity index (χ1) is 11.3. The van der Waals surface area contributed by atoms with Crippen molar-refractivity contribution >= 4 is 52.2 Å². The van der Waals surface area contributed by atoms with Crippen molar-refractivity contribution in [3.63, 3.8) is 0 Å². The summed E-state index contributed by atoms with van der Waals surface area (Å²) in [6.07, 6.45) is 0.597. The fourth-order valence-electron chi connectivity index (χ4n) is 2.11. The summed E-state index contributed by atoms with van der Waals surface area (Å²) >= 11 is 5.89. The van der Waals surface area contributed by atoms with E-state index in [0.29, 0.717) is 11.3 Å². The molecule has 7 nitrogen and oxygen atoms in total. The number of para-hydroxylation sites is 1. The molecule has 0 radical (unpaired) electrons. The van der Waals surface area contributed by atoms with E-state index in [1.807, 2.05) is 0 Å². The molecule has 1 aromatic carbocycles. The largest absolute Gasteiger partial charge is 0.550 e. The predicted molar refractivity (Wildman–Crippen MR) is 86.4 cm³/mol. The number of carbonyl (C=O) groups is 3. The van der Waals surface area contributed by atoms with E-state index in [1.54, 1.807) is 24.3 Å². The summed E-state index contributed by atoms with van der Waals surface area (Å²) in [6.45, 7) is 0. The summed E-state index contributed by atoms with van der Waals surface area (Å²) in [5.41, 5.74) is 0.602. The highest BCUT2D eigenvalue weighted by atomic mass is 32.2. The van der Waals surface area contributed by atoms with Gasteiger partial charge < -0.3 is 24.5 Å². The number of amides is 1. The number of hydrogen-bond acceptors (Lipinski definition) is 8. The molecular weight excluding hydrogens is 354 g/mol. The van der Waals surface area contributed by atoms with Gasteiger partial charge in [-0.3, -0.25) is 9.69 Å². The van der Waals surface area contributed by atoms with Gasteiger partial charge in [0.25, 0.3) is 5.91 Å². The molecule has 1 fully saturated rings. The summed E-state index contributed by atoms with van der Waals surface area (Å²) in [6, 6.07) is 5.20. The number of aliphatic carboxylic acids is 2. The van der Waals surface area contributed by atoms with Crippen LogP contribution in [-0.2, 0) is 14.4 Å². The Morgan fingerprint density at radius 3 is 2.62 bits per heavy atom. The number of carboxylic acid groups (broad SMARTS) is 2. The molecule has 2 rings (SSSR count). The first kappa shape index (κ1) is 18.0. The van der Waals surface area contributed by atoms with Gasteiger partial charge in [-0.2, -0.15) is 0 Å². The number of hydrogen-bond donors (Lipinski definition) is 0. The van der Waals surface area contributed by atoms with Crippen molar-refractivity contribution in [1.29, 1.82) is 0 Å². The van der Waals surface area contributed by atoms with Crippen molar-refractivity contribution in [2.75, 3.05) is 7.11 Å². The van der Waals surface area contributed by atoms with E-state index >= 15 is 0 Å². The topological polar surface area (TPSA) is 110 Å². The van der Waals surface area contributed by atoms with Gasteiger partial charge in [-0.25, -0.2) is 0 Å². The Labute approximate surface area is 146 Å². The van der Waals surface area contributed by atoms with Crippen molar-refractivity contribution in [2.45, 2.75) is 12.5 Å². The molecule has 1 aliphatic rings. The first-order valence-electron chi connectivity index (χ1n) is 6.66. The van der Waals surface area contributed by atoms with E-state index in [1.165, 1.54) is 13.2 Å². The molecule has 9 heteroatoms. The lowest BCUT2D eigenvalue weighted by Crippen LogP contribution is -2.52. The second-order valence-corrected chi connectivity index (χ2v) is 6.38. The van der Waals surface area contributed by atoms with Crippen LogP contribution in [0.25, 0.3) is 6.08 Å². The summed E-state index contributed by atoms with van der Waals surface area (Å²) in [7, 11) is 1.48. The van der Waals surface area contributed by atoms with E-state index in [9.17, 15) is 24.6 Å². The number of benzene rings is 1. The minimum absolute atomic E-state index is 0.0587. The van der Waals surface area contributed by atoms with Crippen LogP contribution in [0.2, 0.25) is 0 Å². The highest BCUT2D eigenvalue weighted by molar-refractivity contribution is 8.26. The average Bonchev–Trinajstić information content (AvgIpc) is 2.79. The fourth-order valence-corrected chi connectivity index (χ4v) is 3.46. The Balaban J connectivity index is 2.36. The third-order valence-corrected chi connectivity index (χ3v) is 4.52. The molecule has 1 heterocycles. The normalized spacial score (nSPS) is 17.2. The van der Waals surface area contributed by atoms with Gasteiger partial charge in [0.2, 0.25) is 0 Å². The first-order valence-corrected chi connectivity index (χ1v) is 7.88. The van der Waals surface area contributed by atoms with E-state index in [-0.39, 0.29) is 9.23 Å². The van der Waals surface area contributed by atoms with Gasteiger partial charge in [-0.15, -0.1) is 0 Å². The van der Waals surface area contributed by atoms with Crippen LogP contribution in [-0.4, -0.2) is 40.2 Å².